The van der Waals surface area contributed by atoms with Crippen LogP contribution in [0.1, 0.15) is 82.0 Å². The first-order chi connectivity index (χ1) is 14.4. The van der Waals surface area contributed by atoms with Gasteiger partial charge in [0.15, 0.2) is 0 Å². The molecule has 0 aromatic carbocycles. The summed E-state index contributed by atoms with van der Waals surface area (Å²) >= 11 is 0. The molecule has 30 heavy (non-hydrogen) atoms. The van der Waals surface area contributed by atoms with Gasteiger partial charge in [0.2, 0.25) is 0 Å². The Hall–Kier alpha value is -1.75. The van der Waals surface area contributed by atoms with Gasteiger partial charge in [-0.3, -0.25) is 9.78 Å². The summed E-state index contributed by atoms with van der Waals surface area (Å²) in [7, 11) is 0. The fourth-order valence-electron chi connectivity index (χ4n) is 7.89. The molecule has 4 aliphatic rings. The van der Waals surface area contributed by atoms with Crippen LogP contribution in [0.25, 0.3) is 0 Å². The van der Waals surface area contributed by atoms with Crippen molar-refractivity contribution < 1.29 is 9.90 Å². The molecular formula is C25H35N3O2. The molecule has 7 atom stereocenters. The largest absolute Gasteiger partial charge is 0.393 e. The predicted octanol–water partition coefficient (Wildman–Crippen LogP) is 4.57. The van der Waals surface area contributed by atoms with Crippen molar-refractivity contribution in [1.29, 1.82) is 0 Å². The number of nitrogens with zero attached hydrogens (tertiary/aromatic N) is 2. The average molecular weight is 410 g/mol. The molecule has 0 aliphatic heterocycles. The van der Waals surface area contributed by atoms with E-state index < -0.39 is 0 Å². The van der Waals surface area contributed by atoms with Crippen molar-refractivity contribution in [2.75, 3.05) is 0 Å². The fraction of sp³-hybridized carbons (Fsp3) is 0.720. The summed E-state index contributed by atoms with van der Waals surface area (Å²) in [5.41, 5.74) is 5.13. The number of fused-ring (bicyclic) bond motifs is 5. The van der Waals surface area contributed by atoms with E-state index in [1.807, 2.05) is 0 Å². The first kappa shape index (κ1) is 20.2. The average Bonchev–Trinajstić information content (AvgIpc) is 3.09. The molecule has 0 unspecified atom stereocenters. The van der Waals surface area contributed by atoms with Crippen molar-refractivity contribution in [2.24, 2.45) is 39.6 Å². The number of aliphatic hydroxyl groups excluding tert-OH is 1. The van der Waals surface area contributed by atoms with Crippen molar-refractivity contribution in [3.05, 3.63) is 30.1 Å². The summed E-state index contributed by atoms with van der Waals surface area (Å²) < 4.78 is 0. The Bertz CT molecular complexity index is 840. The lowest BCUT2D eigenvalue weighted by molar-refractivity contribution is -0.113. The zero-order valence-corrected chi connectivity index (χ0v) is 18.3. The van der Waals surface area contributed by atoms with Crippen LogP contribution < -0.4 is 5.43 Å². The highest BCUT2D eigenvalue weighted by atomic mass is 16.3. The molecule has 5 nitrogen and oxygen atoms in total. The summed E-state index contributed by atoms with van der Waals surface area (Å²) in [6.07, 6.45) is 13.6. The number of amides is 1. The third-order valence-corrected chi connectivity index (χ3v) is 9.61. The van der Waals surface area contributed by atoms with Gasteiger partial charge in [-0.1, -0.05) is 13.8 Å². The molecule has 1 amide bonds. The zero-order valence-electron chi connectivity index (χ0n) is 18.3. The van der Waals surface area contributed by atoms with E-state index in [1.165, 1.54) is 44.2 Å². The molecule has 5 rings (SSSR count). The Morgan fingerprint density at radius 1 is 1.10 bits per heavy atom. The van der Waals surface area contributed by atoms with Crippen LogP contribution in [-0.2, 0) is 0 Å². The van der Waals surface area contributed by atoms with Crippen LogP contribution >= 0.6 is 0 Å². The first-order valence-corrected chi connectivity index (χ1v) is 11.9. The monoisotopic (exact) mass is 409 g/mol. The van der Waals surface area contributed by atoms with Gasteiger partial charge in [-0.25, -0.2) is 5.43 Å². The zero-order chi connectivity index (χ0) is 20.9. The smallest absolute Gasteiger partial charge is 0.271 e. The first-order valence-electron chi connectivity index (χ1n) is 11.9. The van der Waals surface area contributed by atoms with Crippen molar-refractivity contribution in [3.63, 3.8) is 0 Å². The number of aromatic nitrogens is 1. The number of aliphatic hydroxyl groups is 1. The molecule has 4 fully saturated rings. The number of pyridine rings is 1. The number of rotatable bonds is 2. The van der Waals surface area contributed by atoms with Gasteiger partial charge in [-0.2, -0.15) is 5.10 Å². The van der Waals surface area contributed by atoms with E-state index in [-0.39, 0.29) is 17.4 Å². The lowest BCUT2D eigenvalue weighted by Crippen LogP contribution is -2.54. The highest BCUT2D eigenvalue weighted by Gasteiger charge is 2.59. The van der Waals surface area contributed by atoms with E-state index in [0.29, 0.717) is 22.8 Å². The van der Waals surface area contributed by atoms with E-state index in [2.05, 4.69) is 29.4 Å². The Kier molecular flexibility index (Phi) is 5.00. The molecule has 1 aromatic rings. The van der Waals surface area contributed by atoms with Crippen LogP contribution in [0.4, 0.5) is 0 Å². The molecule has 0 radical (unpaired) electrons. The second-order valence-electron chi connectivity index (χ2n) is 10.8. The summed E-state index contributed by atoms with van der Waals surface area (Å²) in [6.45, 7) is 4.93. The van der Waals surface area contributed by atoms with Crippen LogP contribution in [0, 0.1) is 34.5 Å². The van der Waals surface area contributed by atoms with E-state index in [4.69, 9.17) is 0 Å². The van der Waals surface area contributed by atoms with E-state index in [9.17, 15) is 9.90 Å². The fourth-order valence-corrected chi connectivity index (χ4v) is 7.89. The Labute approximate surface area is 179 Å². The Morgan fingerprint density at radius 2 is 1.90 bits per heavy atom. The molecule has 0 bridgehead atoms. The van der Waals surface area contributed by atoms with Crippen molar-refractivity contribution in [3.8, 4) is 0 Å². The topological polar surface area (TPSA) is 74.6 Å². The molecule has 0 spiro atoms. The van der Waals surface area contributed by atoms with Gasteiger partial charge in [-0.15, -0.1) is 0 Å². The molecular weight excluding hydrogens is 374 g/mol. The van der Waals surface area contributed by atoms with E-state index in [1.54, 1.807) is 24.5 Å². The number of carbonyl (C=O) groups excluding carboxylic acids is 1. The standard InChI is InChI=1S/C25H35N3O2/c1-24-11-7-18(29)15-17(24)3-4-19-20-5-6-22(25(20,2)12-8-21(19)24)27-28-23(30)16-9-13-26-14-10-16/h9-10,13-14,17-21,29H,3-8,11-12,15H2,1-2H3,(H,28,30)/b27-22-/t17-,18+,19+,20+,21+,24-,25-/m0/s1. The Balaban J connectivity index is 1.33. The van der Waals surface area contributed by atoms with E-state index >= 15 is 0 Å². The summed E-state index contributed by atoms with van der Waals surface area (Å²) in [4.78, 5) is 16.4. The van der Waals surface area contributed by atoms with Crippen LogP contribution in [0.3, 0.4) is 0 Å². The second kappa shape index (κ2) is 7.44. The second-order valence-corrected chi connectivity index (χ2v) is 10.8. The molecule has 4 aliphatic carbocycles. The van der Waals surface area contributed by atoms with Gasteiger partial charge in [0.25, 0.3) is 5.91 Å². The molecule has 4 saturated carbocycles. The molecule has 1 aromatic heterocycles. The number of hydrogen-bond acceptors (Lipinski definition) is 4. The molecule has 5 heteroatoms. The van der Waals surface area contributed by atoms with Gasteiger partial charge in [-0.05, 0) is 99.0 Å². The summed E-state index contributed by atoms with van der Waals surface area (Å²) in [5.74, 6) is 2.77. The quantitative estimate of drug-likeness (QED) is 0.703. The minimum atomic E-state index is -0.153. The molecule has 0 saturated heterocycles. The van der Waals surface area contributed by atoms with Crippen LogP contribution in [0.5, 0.6) is 0 Å². The van der Waals surface area contributed by atoms with Crippen molar-refractivity contribution in [2.45, 2.75) is 77.7 Å². The maximum Gasteiger partial charge on any atom is 0.271 e. The van der Waals surface area contributed by atoms with Gasteiger partial charge in [0.05, 0.1) is 6.10 Å². The minimum Gasteiger partial charge on any atom is -0.393 e. The van der Waals surface area contributed by atoms with Gasteiger partial charge in [0.1, 0.15) is 0 Å². The van der Waals surface area contributed by atoms with Crippen LogP contribution in [-0.4, -0.2) is 27.8 Å². The van der Waals surface area contributed by atoms with Crippen LogP contribution in [0.15, 0.2) is 29.6 Å². The van der Waals surface area contributed by atoms with Crippen molar-refractivity contribution >= 4 is 11.6 Å². The maximum absolute atomic E-state index is 12.5. The molecule has 1 heterocycles. The Morgan fingerprint density at radius 3 is 2.70 bits per heavy atom. The number of hydrogen-bond donors (Lipinski definition) is 2. The lowest BCUT2D eigenvalue weighted by Gasteiger charge is -2.60. The van der Waals surface area contributed by atoms with Gasteiger partial charge < -0.3 is 5.11 Å². The minimum absolute atomic E-state index is 0.0808. The third kappa shape index (κ3) is 3.12. The summed E-state index contributed by atoms with van der Waals surface area (Å²) in [5, 5.41) is 14.9. The summed E-state index contributed by atoms with van der Waals surface area (Å²) in [6, 6.07) is 3.44. The highest BCUT2D eigenvalue weighted by Crippen LogP contribution is 2.65. The number of nitrogens with one attached hydrogen (secondary N) is 1. The van der Waals surface area contributed by atoms with Crippen LogP contribution in [0.2, 0.25) is 0 Å². The van der Waals surface area contributed by atoms with Gasteiger partial charge in [0, 0.05) is 29.1 Å². The van der Waals surface area contributed by atoms with Crippen molar-refractivity contribution in [1.82, 2.24) is 10.4 Å². The SMILES string of the molecule is C[C@]12CC[C@@H](O)C[C@@H]1CC[C@H]1[C@H]2CC[C@]2(C)/C(=N\NC(=O)c3ccncc3)CC[C@H]12. The van der Waals surface area contributed by atoms with E-state index in [0.717, 1.165) is 31.1 Å². The maximum atomic E-state index is 12.5. The number of hydrazone groups is 1. The molecule has 162 valence electrons. The predicted molar refractivity (Wildman–Crippen MR) is 117 cm³/mol. The normalized spacial score (nSPS) is 44.1. The molecule has 2 N–H and O–H groups in total. The third-order valence-electron chi connectivity index (χ3n) is 9.61. The lowest BCUT2D eigenvalue weighted by atomic mass is 9.45. The highest BCUT2D eigenvalue weighted by molar-refractivity contribution is 5.97. The van der Waals surface area contributed by atoms with Gasteiger partial charge >= 0.3 is 0 Å². The number of carbonyl (C=O) groups is 1.